The molecule has 0 fully saturated rings. The molecule has 0 aliphatic rings. The first-order chi connectivity index (χ1) is 12.2. The fraction of sp³-hybridized carbons (Fsp3) is 0.0526. The maximum Gasteiger partial charge on any atom is 0.139 e. The summed E-state index contributed by atoms with van der Waals surface area (Å²) >= 11 is 6.24. The summed E-state index contributed by atoms with van der Waals surface area (Å²) in [6.45, 7) is 2.05. The molecule has 25 heavy (non-hydrogen) atoms. The Kier molecular flexibility index (Phi) is 3.99. The Hall–Kier alpha value is -3.05. The lowest BCUT2D eigenvalue weighted by Crippen LogP contribution is -2.00. The van der Waals surface area contributed by atoms with Gasteiger partial charge in [0.15, 0.2) is 0 Å². The van der Waals surface area contributed by atoms with Gasteiger partial charge in [-0.05, 0) is 36.8 Å². The van der Waals surface area contributed by atoms with Gasteiger partial charge in [0.25, 0.3) is 0 Å². The normalized spacial score (nSPS) is 10.8. The summed E-state index contributed by atoms with van der Waals surface area (Å²) in [5.74, 6) is 0.727. The van der Waals surface area contributed by atoms with E-state index in [0.29, 0.717) is 5.15 Å². The molecule has 0 bridgehead atoms. The van der Waals surface area contributed by atoms with Gasteiger partial charge in [0, 0.05) is 34.9 Å². The highest BCUT2D eigenvalue weighted by molar-refractivity contribution is 6.34. The summed E-state index contributed by atoms with van der Waals surface area (Å²) in [6.07, 6.45) is 6.70. The second kappa shape index (κ2) is 6.45. The lowest BCUT2D eigenvalue weighted by atomic mass is 10.1. The monoisotopic (exact) mass is 347 g/mol. The fourth-order valence-electron chi connectivity index (χ4n) is 2.77. The highest BCUT2D eigenvalue weighted by Gasteiger charge is 2.12. The van der Waals surface area contributed by atoms with Crippen molar-refractivity contribution in [3.8, 4) is 11.3 Å². The summed E-state index contributed by atoms with van der Waals surface area (Å²) in [7, 11) is 0. The van der Waals surface area contributed by atoms with Crippen LogP contribution in [0.15, 0.2) is 61.3 Å². The first-order valence-corrected chi connectivity index (χ1v) is 8.14. The predicted molar refractivity (Wildman–Crippen MR) is 100 cm³/mol. The maximum atomic E-state index is 6.24. The van der Waals surface area contributed by atoms with E-state index in [1.165, 1.54) is 6.33 Å². The molecule has 0 amide bonds. The molecule has 5 nitrogen and oxygen atoms in total. The maximum absolute atomic E-state index is 6.24. The second-order valence-corrected chi connectivity index (χ2v) is 5.93. The quantitative estimate of drug-likeness (QED) is 0.540. The summed E-state index contributed by atoms with van der Waals surface area (Å²) < 4.78 is 0. The summed E-state index contributed by atoms with van der Waals surface area (Å²) in [5, 5.41) is 5.83. The highest BCUT2D eigenvalue weighted by atomic mass is 35.5. The number of anilines is 2. The van der Waals surface area contributed by atoms with Gasteiger partial charge < -0.3 is 5.32 Å². The average Bonchev–Trinajstić information content (AvgIpc) is 2.65. The van der Waals surface area contributed by atoms with Gasteiger partial charge in [0.1, 0.15) is 17.3 Å². The molecule has 0 saturated carbocycles. The van der Waals surface area contributed by atoms with E-state index in [9.17, 15) is 0 Å². The Morgan fingerprint density at radius 1 is 0.880 bits per heavy atom. The Morgan fingerprint density at radius 2 is 1.80 bits per heavy atom. The molecule has 0 saturated heterocycles. The van der Waals surface area contributed by atoms with Gasteiger partial charge in [0.2, 0.25) is 0 Å². The average molecular weight is 348 g/mol. The molecule has 0 aliphatic heterocycles. The van der Waals surface area contributed by atoms with Crippen molar-refractivity contribution < 1.29 is 0 Å². The van der Waals surface area contributed by atoms with Crippen LogP contribution in [0.2, 0.25) is 5.15 Å². The zero-order chi connectivity index (χ0) is 17.2. The number of aryl methyl sites for hydroxylation is 1. The van der Waals surface area contributed by atoms with Gasteiger partial charge >= 0.3 is 0 Å². The molecular formula is C19H14ClN5. The van der Waals surface area contributed by atoms with Crippen molar-refractivity contribution in [3.63, 3.8) is 0 Å². The number of nitrogens with zero attached hydrogens (tertiary/aromatic N) is 4. The zero-order valence-corrected chi connectivity index (χ0v) is 14.2. The number of rotatable bonds is 3. The Balaban J connectivity index is 1.86. The molecule has 0 aliphatic carbocycles. The van der Waals surface area contributed by atoms with E-state index in [0.717, 1.165) is 39.1 Å². The molecule has 0 atom stereocenters. The Morgan fingerprint density at radius 3 is 2.64 bits per heavy atom. The van der Waals surface area contributed by atoms with Crippen molar-refractivity contribution in [1.82, 2.24) is 19.9 Å². The van der Waals surface area contributed by atoms with Gasteiger partial charge in [-0.25, -0.2) is 19.9 Å². The molecule has 4 aromatic rings. The van der Waals surface area contributed by atoms with Crippen LogP contribution in [0, 0.1) is 6.92 Å². The van der Waals surface area contributed by atoms with E-state index < -0.39 is 0 Å². The second-order valence-electron chi connectivity index (χ2n) is 5.57. The molecule has 0 radical (unpaired) electrons. The van der Waals surface area contributed by atoms with Gasteiger partial charge in [-0.2, -0.15) is 0 Å². The SMILES string of the molecule is Cc1ccc2c(Cl)nccc2c1Nc1ncccc1-c1ccncn1. The highest BCUT2D eigenvalue weighted by Crippen LogP contribution is 2.34. The number of hydrogen-bond acceptors (Lipinski definition) is 5. The largest absolute Gasteiger partial charge is 0.339 e. The number of fused-ring (bicyclic) bond motifs is 1. The minimum absolute atomic E-state index is 0.484. The molecule has 122 valence electrons. The van der Waals surface area contributed by atoms with Gasteiger partial charge in [0.05, 0.1) is 11.4 Å². The van der Waals surface area contributed by atoms with Crippen LogP contribution in [0.1, 0.15) is 5.56 Å². The summed E-state index contributed by atoms with van der Waals surface area (Å²) in [5.41, 5.74) is 3.76. The third kappa shape index (κ3) is 2.90. The standard InChI is InChI=1S/C19H14ClN5/c1-12-4-5-14-13(6-10-22-18(14)20)17(12)25-19-15(3-2-8-23-19)16-7-9-21-11-24-16/h2-11H,1H3,(H,23,25). The Bertz CT molecular complexity index is 1050. The van der Waals surface area contributed by atoms with Crippen molar-refractivity contribution in [2.45, 2.75) is 6.92 Å². The van der Waals surface area contributed by atoms with E-state index >= 15 is 0 Å². The number of halogens is 1. The van der Waals surface area contributed by atoms with Crippen LogP contribution in [-0.2, 0) is 0 Å². The summed E-state index contributed by atoms with van der Waals surface area (Å²) in [4.78, 5) is 17.0. The molecule has 6 heteroatoms. The third-order valence-corrected chi connectivity index (χ3v) is 4.32. The van der Waals surface area contributed by atoms with Crippen molar-refractivity contribution in [1.29, 1.82) is 0 Å². The van der Waals surface area contributed by atoms with E-state index in [4.69, 9.17) is 11.6 Å². The molecule has 1 aromatic carbocycles. The molecule has 3 heterocycles. The molecular weight excluding hydrogens is 334 g/mol. The van der Waals surface area contributed by atoms with Gasteiger partial charge in [-0.3, -0.25) is 0 Å². The van der Waals surface area contributed by atoms with E-state index in [1.807, 2.05) is 43.3 Å². The van der Waals surface area contributed by atoms with Crippen molar-refractivity contribution >= 4 is 33.9 Å². The van der Waals surface area contributed by atoms with Gasteiger partial charge in [-0.15, -0.1) is 0 Å². The van der Waals surface area contributed by atoms with Crippen LogP contribution in [0.25, 0.3) is 22.0 Å². The fourth-order valence-corrected chi connectivity index (χ4v) is 3.00. The lowest BCUT2D eigenvalue weighted by molar-refractivity contribution is 1.17. The number of pyridine rings is 2. The molecule has 0 spiro atoms. The van der Waals surface area contributed by atoms with Crippen molar-refractivity contribution in [2.24, 2.45) is 0 Å². The van der Waals surface area contributed by atoms with Crippen LogP contribution in [0.4, 0.5) is 11.5 Å². The van der Waals surface area contributed by atoms with Gasteiger partial charge in [-0.1, -0.05) is 23.7 Å². The first kappa shape index (κ1) is 15.5. The minimum atomic E-state index is 0.484. The molecule has 3 aromatic heterocycles. The summed E-state index contributed by atoms with van der Waals surface area (Å²) in [6, 6.07) is 11.7. The number of nitrogens with one attached hydrogen (secondary N) is 1. The smallest absolute Gasteiger partial charge is 0.139 e. The molecule has 1 N–H and O–H groups in total. The van der Waals surface area contributed by atoms with Crippen LogP contribution in [0.5, 0.6) is 0 Å². The number of hydrogen-bond donors (Lipinski definition) is 1. The van der Waals surface area contributed by atoms with Crippen molar-refractivity contribution in [3.05, 3.63) is 72.0 Å². The Labute approximate surface area is 149 Å². The van der Waals surface area contributed by atoms with Crippen LogP contribution in [-0.4, -0.2) is 19.9 Å². The van der Waals surface area contributed by atoms with Crippen LogP contribution >= 0.6 is 11.6 Å². The van der Waals surface area contributed by atoms with E-state index in [1.54, 1.807) is 18.6 Å². The van der Waals surface area contributed by atoms with E-state index in [2.05, 4.69) is 25.3 Å². The third-order valence-electron chi connectivity index (χ3n) is 4.01. The number of benzene rings is 1. The first-order valence-electron chi connectivity index (χ1n) is 7.76. The number of aromatic nitrogens is 4. The predicted octanol–water partition coefficient (Wildman–Crippen LogP) is 4.79. The van der Waals surface area contributed by atoms with E-state index in [-0.39, 0.29) is 0 Å². The molecule has 0 unspecified atom stereocenters. The minimum Gasteiger partial charge on any atom is -0.339 e. The molecule has 4 rings (SSSR count). The topological polar surface area (TPSA) is 63.6 Å². The lowest BCUT2D eigenvalue weighted by Gasteiger charge is -2.15. The van der Waals surface area contributed by atoms with Crippen molar-refractivity contribution in [2.75, 3.05) is 5.32 Å². The van der Waals surface area contributed by atoms with Crippen LogP contribution < -0.4 is 5.32 Å². The zero-order valence-electron chi connectivity index (χ0n) is 13.4. The van der Waals surface area contributed by atoms with Crippen LogP contribution in [0.3, 0.4) is 0 Å².